The van der Waals surface area contributed by atoms with Gasteiger partial charge in [-0.3, -0.25) is 14.9 Å². The van der Waals surface area contributed by atoms with Crippen molar-refractivity contribution in [1.82, 2.24) is 0 Å². The second-order valence-corrected chi connectivity index (χ2v) is 5.65. The van der Waals surface area contributed by atoms with E-state index in [1.807, 2.05) is 6.92 Å². The van der Waals surface area contributed by atoms with Gasteiger partial charge in [-0.05, 0) is 50.3 Å². The Morgan fingerprint density at radius 2 is 2.00 bits per heavy atom. The fourth-order valence-corrected chi connectivity index (χ4v) is 2.37. The van der Waals surface area contributed by atoms with Crippen molar-refractivity contribution in [3.63, 3.8) is 0 Å². The Hall–Kier alpha value is -1.95. The van der Waals surface area contributed by atoms with Gasteiger partial charge in [0.15, 0.2) is 0 Å². The van der Waals surface area contributed by atoms with Gasteiger partial charge in [0.2, 0.25) is 5.91 Å². The number of hydrogen-bond donors (Lipinski definition) is 2. The molecule has 1 amide bonds. The topological polar surface area (TPSA) is 98.3 Å². The largest absolute Gasteiger partial charge is 0.325 e. The van der Waals surface area contributed by atoms with Crippen molar-refractivity contribution in [2.24, 2.45) is 5.73 Å². The molecule has 1 aromatic rings. The number of hydrogen-bond acceptors (Lipinski definition) is 4. The lowest BCUT2D eigenvalue weighted by atomic mass is 9.75. The van der Waals surface area contributed by atoms with Crippen LogP contribution in [0.25, 0.3) is 0 Å². The van der Waals surface area contributed by atoms with Gasteiger partial charge in [-0.25, -0.2) is 0 Å². The van der Waals surface area contributed by atoms with Crippen molar-refractivity contribution < 1.29 is 9.72 Å². The molecule has 0 heterocycles. The van der Waals surface area contributed by atoms with Gasteiger partial charge in [0.05, 0.1) is 4.92 Å². The third-order valence-electron chi connectivity index (χ3n) is 3.94. The molecular formula is C14H19N3O3. The van der Waals surface area contributed by atoms with Crippen LogP contribution in [0.2, 0.25) is 0 Å². The quantitative estimate of drug-likeness (QED) is 0.652. The summed E-state index contributed by atoms with van der Waals surface area (Å²) in [7, 11) is 0. The first-order chi connectivity index (χ1) is 9.31. The van der Waals surface area contributed by atoms with Crippen LogP contribution in [0.5, 0.6) is 0 Å². The number of amides is 1. The molecule has 0 atom stereocenters. The second kappa shape index (κ2) is 5.20. The van der Waals surface area contributed by atoms with Crippen LogP contribution in [0.3, 0.4) is 0 Å². The van der Waals surface area contributed by atoms with E-state index in [-0.39, 0.29) is 23.7 Å². The summed E-state index contributed by atoms with van der Waals surface area (Å²) in [5.41, 5.74) is 7.47. The third-order valence-corrected chi connectivity index (χ3v) is 3.94. The highest BCUT2D eigenvalue weighted by atomic mass is 16.6. The zero-order valence-corrected chi connectivity index (χ0v) is 11.7. The van der Waals surface area contributed by atoms with Crippen LogP contribution in [0.15, 0.2) is 12.1 Å². The number of nitrogens with two attached hydrogens (primary N) is 1. The summed E-state index contributed by atoms with van der Waals surface area (Å²) >= 11 is 0. The predicted molar refractivity (Wildman–Crippen MR) is 76.6 cm³/mol. The first kappa shape index (κ1) is 14.5. The zero-order chi connectivity index (χ0) is 14.9. The van der Waals surface area contributed by atoms with Crippen LogP contribution in [-0.4, -0.2) is 16.4 Å². The van der Waals surface area contributed by atoms with Crippen LogP contribution in [0, 0.1) is 24.0 Å². The number of rotatable bonds is 4. The van der Waals surface area contributed by atoms with E-state index >= 15 is 0 Å². The minimum Gasteiger partial charge on any atom is -0.325 e. The molecule has 1 aromatic carbocycles. The highest BCUT2D eigenvalue weighted by molar-refractivity contribution is 5.94. The molecule has 108 valence electrons. The number of carbonyl (C=O) groups is 1. The van der Waals surface area contributed by atoms with Gasteiger partial charge < -0.3 is 11.1 Å². The van der Waals surface area contributed by atoms with Gasteiger partial charge in [0.1, 0.15) is 5.69 Å². The number of anilines is 1. The molecule has 1 fully saturated rings. The molecule has 0 unspecified atom stereocenters. The molecule has 6 heteroatoms. The standard InChI is InChI=1S/C14H19N3O3/c1-9-6-11(12(17(19)20)7-10(9)2)16-13(18)8-14(15)4-3-5-14/h6-7H,3-5,8,15H2,1-2H3,(H,16,18). The van der Waals surface area contributed by atoms with Crippen LogP contribution < -0.4 is 11.1 Å². The van der Waals surface area contributed by atoms with Gasteiger partial charge in [-0.15, -0.1) is 0 Å². The molecule has 1 saturated carbocycles. The molecule has 1 aliphatic rings. The Morgan fingerprint density at radius 3 is 2.50 bits per heavy atom. The van der Waals surface area contributed by atoms with E-state index < -0.39 is 10.5 Å². The van der Waals surface area contributed by atoms with Crippen molar-refractivity contribution in [2.45, 2.75) is 45.1 Å². The number of aryl methyl sites for hydroxylation is 2. The van der Waals surface area contributed by atoms with Gasteiger partial charge in [-0.2, -0.15) is 0 Å². The van der Waals surface area contributed by atoms with E-state index in [2.05, 4.69) is 5.32 Å². The summed E-state index contributed by atoms with van der Waals surface area (Å²) < 4.78 is 0. The van der Waals surface area contributed by atoms with Crippen molar-refractivity contribution in [2.75, 3.05) is 5.32 Å². The molecule has 2 rings (SSSR count). The van der Waals surface area contributed by atoms with E-state index in [4.69, 9.17) is 5.73 Å². The zero-order valence-electron chi connectivity index (χ0n) is 11.7. The number of carbonyl (C=O) groups excluding carboxylic acids is 1. The summed E-state index contributed by atoms with van der Waals surface area (Å²) in [5.74, 6) is -0.265. The van der Waals surface area contributed by atoms with Crippen LogP contribution in [0.1, 0.15) is 36.8 Å². The van der Waals surface area contributed by atoms with E-state index in [1.54, 1.807) is 13.0 Å². The van der Waals surface area contributed by atoms with E-state index in [0.717, 1.165) is 30.4 Å². The normalized spacial score (nSPS) is 16.4. The summed E-state index contributed by atoms with van der Waals surface area (Å²) in [6.07, 6.45) is 2.90. The molecule has 0 spiro atoms. The SMILES string of the molecule is Cc1cc(NC(=O)CC2(N)CCC2)c([N+](=O)[O-])cc1C. The fourth-order valence-electron chi connectivity index (χ4n) is 2.37. The monoisotopic (exact) mass is 277 g/mol. The Morgan fingerprint density at radius 1 is 1.40 bits per heavy atom. The molecular weight excluding hydrogens is 258 g/mol. The number of nitrogens with zero attached hydrogens (tertiary/aromatic N) is 1. The molecule has 0 radical (unpaired) electrons. The van der Waals surface area contributed by atoms with Gasteiger partial charge in [0.25, 0.3) is 5.69 Å². The molecule has 0 saturated heterocycles. The molecule has 0 aromatic heterocycles. The van der Waals surface area contributed by atoms with E-state index in [9.17, 15) is 14.9 Å². The molecule has 0 bridgehead atoms. The molecule has 6 nitrogen and oxygen atoms in total. The number of benzene rings is 1. The van der Waals surface area contributed by atoms with Gasteiger partial charge in [-0.1, -0.05) is 0 Å². The molecule has 0 aliphatic heterocycles. The van der Waals surface area contributed by atoms with Crippen molar-refractivity contribution in [1.29, 1.82) is 0 Å². The van der Waals surface area contributed by atoms with Crippen LogP contribution >= 0.6 is 0 Å². The number of nitrogens with one attached hydrogen (secondary N) is 1. The fraction of sp³-hybridized carbons (Fsp3) is 0.500. The van der Waals surface area contributed by atoms with Crippen molar-refractivity contribution in [3.05, 3.63) is 33.4 Å². The van der Waals surface area contributed by atoms with Gasteiger partial charge >= 0.3 is 0 Å². The molecule has 3 N–H and O–H groups in total. The lowest BCUT2D eigenvalue weighted by Gasteiger charge is -2.37. The number of nitro groups is 1. The minimum atomic E-state index is -0.483. The predicted octanol–water partition coefficient (Wildman–Crippen LogP) is 2.42. The Bertz CT molecular complexity index is 565. The van der Waals surface area contributed by atoms with Crippen LogP contribution in [-0.2, 0) is 4.79 Å². The van der Waals surface area contributed by atoms with E-state index in [1.165, 1.54) is 6.07 Å². The maximum atomic E-state index is 12.0. The average Bonchev–Trinajstić information content (AvgIpc) is 2.31. The summed E-state index contributed by atoms with van der Waals surface area (Å²) in [6.45, 7) is 3.66. The average molecular weight is 277 g/mol. The molecule has 20 heavy (non-hydrogen) atoms. The van der Waals surface area contributed by atoms with Crippen molar-refractivity contribution >= 4 is 17.3 Å². The first-order valence-electron chi connectivity index (χ1n) is 6.65. The first-order valence-corrected chi connectivity index (χ1v) is 6.65. The maximum Gasteiger partial charge on any atom is 0.293 e. The van der Waals surface area contributed by atoms with Crippen LogP contribution in [0.4, 0.5) is 11.4 Å². The lowest BCUT2D eigenvalue weighted by Crippen LogP contribution is -2.48. The Kier molecular flexibility index (Phi) is 3.76. The maximum absolute atomic E-state index is 12.0. The smallest absolute Gasteiger partial charge is 0.293 e. The summed E-state index contributed by atoms with van der Waals surface area (Å²) in [6, 6.07) is 3.11. The van der Waals surface area contributed by atoms with Crippen molar-refractivity contribution in [3.8, 4) is 0 Å². The second-order valence-electron chi connectivity index (χ2n) is 5.65. The minimum absolute atomic E-state index is 0.0823. The highest BCUT2D eigenvalue weighted by Gasteiger charge is 2.35. The van der Waals surface area contributed by atoms with Gasteiger partial charge in [0, 0.05) is 18.0 Å². The lowest BCUT2D eigenvalue weighted by molar-refractivity contribution is -0.384. The summed E-state index contributed by atoms with van der Waals surface area (Å²) in [4.78, 5) is 22.5. The Labute approximate surface area is 117 Å². The van der Waals surface area contributed by atoms with E-state index in [0.29, 0.717) is 0 Å². The third kappa shape index (κ3) is 2.96. The Balaban J connectivity index is 2.17. The highest BCUT2D eigenvalue weighted by Crippen LogP contribution is 2.33. The molecule has 1 aliphatic carbocycles. The number of nitro benzene ring substituents is 1. The summed E-state index contributed by atoms with van der Waals surface area (Å²) in [5, 5.41) is 13.7.